The van der Waals surface area contributed by atoms with E-state index in [9.17, 15) is 14.7 Å². The maximum Gasteiger partial charge on any atom is 0.249 e. The van der Waals surface area contributed by atoms with Crippen molar-refractivity contribution in [2.45, 2.75) is 0 Å². The van der Waals surface area contributed by atoms with Crippen LogP contribution in [0.25, 0.3) is 10.9 Å². The molecule has 0 saturated heterocycles. The van der Waals surface area contributed by atoms with E-state index in [1.165, 1.54) is 0 Å². The predicted molar refractivity (Wildman–Crippen MR) is 63.9 cm³/mol. The zero-order valence-corrected chi connectivity index (χ0v) is 9.69. The van der Waals surface area contributed by atoms with Crippen LogP contribution in [-0.2, 0) is 9.59 Å². The number of aliphatic carboxylic acids is 1. The fourth-order valence-corrected chi connectivity index (χ4v) is 1.56. The number of aromatic nitrogens is 2. The molecule has 0 saturated carbocycles. The largest absolute Gasteiger partial charge is 0.545 e. The first-order valence-corrected chi connectivity index (χ1v) is 5.28. The van der Waals surface area contributed by atoms with Gasteiger partial charge in [0, 0.05) is 16.5 Å². The van der Waals surface area contributed by atoms with Crippen molar-refractivity contribution in [3.63, 3.8) is 0 Å². The van der Waals surface area contributed by atoms with Gasteiger partial charge in [-0.05, 0) is 24.3 Å². The van der Waals surface area contributed by atoms with Gasteiger partial charge in [0.1, 0.15) is 0 Å². The smallest absolute Gasteiger partial charge is 0.249 e. The number of hydrogen-bond donors (Lipinski definition) is 2. The highest BCUT2D eigenvalue weighted by Gasteiger charge is 2.07. The molecule has 0 aliphatic carbocycles. The third kappa shape index (κ3) is 2.67. The molecule has 6 nitrogen and oxygen atoms in total. The van der Waals surface area contributed by atoms with Crippen LogP contribution in [0.5, 0.6) is 0 Å². The van der Waals surface area contributed by atoms with E-state index in [1.807, 2.05) is 0 Å². The Labute approximate surface area is 106 Å². The highest BCUT2D eigenvalue weighted by atomic mass is 35.5. The van der Waals surface area contributed by atoms with Crippen LogP contribution in [0.4, 0.5) is 5.82 Å². The van der Waals surface area contributed by atoms with E-state index in [-0.39, 0.29) is 0 Å². The van der Waals surface area contributed by atoms with Gasteiger partial charge < -0.3 is 15.2 Å². The molecule has 92 valence electrons. The molecule has 1 aromatic heterocycles. The van der Waals surface area contributed by atoms with Crippen LogP contribution < -0.4 is 10.4 Å². The number of H-pyrrole nitrogens is 1. The number of carboxylic acid groups (broad SMARTS) is 1. The lowest BCUT2D eigenvalue weighted by molar-refractivity contribution is -0.297. The van der Waals surface area contributed by atoms with E-state index >= 15 is 0 Å². The molecule has 0 aliphatic rings. The minimum Gasteiger partial charge on any atom is -0.545 e. The molecule has 2 N–H and O–H groups in total. The van der Waals surface area contributed by atoms with Crippen molar-refractivity contribution in [3.05, 3.63) is 35.4 Å². The fourth-order valence-electron chi connectivity index (χ4n) is 1.39. The van der Waals surface area contributed by atoms with Crippen molar-refractivity contribution < 1.29 is 14.7 Å². The second-order valence-electron chi connectivity index (χ2n) is 3.40. The van der Waals surface area contributed by atoms with E-state index in [0.29, 0.717) is 27.8 Å². The van der Waals surface area contributed by atoms with Crippen LogP contribution in [-0.4, -0.2) is 22.1 Å². The minimum absolute atomic E-state index is 0.301. The number of carbonyl (C=O) groups excluding carboxylic acids is 2. The summed E-state index contributed by atoms with van der Waals surface area (Å²) in [5, 5.41) is 20.4. The molecule has 0 unspecified atom stereocenters. The summed E-state index contributed by atoms with van der Waals surface area (Å²) < 4.78 is 0. The van der Waals surface area contributed by atoms with E-state index in [4.69, 9.17) is 11.6 Å². The molecule has 0 bridgehead atoms. The molecule has 0 radical (unpaired) electrons. The molecule has 18 heavy (non-hydrogen) atoms. The zero-order valence-electron chi connectivity index (χ0n) is 8.94. The summed E-state index contributed by atoms with van der Waals surface area (Å²) in [6.07, 6.45) is 1.49. The van der Waals surface area contributed by atoms with Gasteiger partial charge in [-0.1, -0.05) is 11.6 Å². The summed E-state index contributed by atoms with van der Waals surface area (Å²) in [5.74, 6) is -1.75. The molecule has 2 rings (SSSR count). The van der Waals surface area contributed by atoms with Crippen molar-refractivity contribution in [3.8, 4) is 0 Å². The number of fused-ring (bicyclic) bond motifs is 1. The molecular formula is C11H7ClN3O3-. The van der Waals surface area contributed by atoms with Crippen LogP contribution in [0.2, 0.25) is 5.02 Å². The van der Waals surface area contributed by atoms with Crippen molar-refractivity contribution >= 4 is 40.2 Å². The number of carbonyl (C=O) groups is 2. The number of halogens is 1. The minimum atomic E-state index is -1.44. The molecule has 1 heterocycles. The quantitative estimate of drug-likeness (QED) is 0.787. The first-order valence-electron chi connectivity index (χ1n) is 4.90. The van der Waals surface area contributed by atoms with Crippen LogP contribution in [0.15, 0.2) is 30.4 Å². The summed E-state index contributed by atoms with van der Waals surface area (Å²) in [6.45, 7) is 0. The summed E-state index contributed by atoms with van der Waals surface area (Å²) >= 11 is 5.80. The molecule has 0 atom stereocenters. The molecule has 0 spiro atoms. The second kappa shape index (κ2) is 4.89. The molecule has 2 aromatic rings. The first kappa shape index (κ1) is 12.1. The highest BCUT2D eigenvalue weighted by molar-refractivity contribution is 6.31. The number of carboxylic acids is 1. The number of nitrogens with one attached hydrogen (secondary N) is 2. The summed E-state index contributed by atoms with van der Waals surface area (Å²) in [5.41, 5.74) is 0.668. The summed E-state index contributed by atoms with van der Waals surface area (Å²) in [4.78, 5) is 21.5. The standard InChI is InChI=1S/C11H8ClN3O3/c12-6-1-2-7-8(5-6)14-15-11(7)13-9(16)3-4-10(17)18/h1-5H,(H,17,18)(H2,13,14,15,16)/p-1/b4-3+. The Kier molecular flexibility index (Phi) is 3.29. The van der Waals surface area contributed by atoms with Crippen molar-refractivity contribution in [1.29, 1.82) is 0 Å². The van der Waals surface area contributed by atoms with Gasteiger partial charge in [-0.3, -0.25) is 9.89 Å². The van der Waals surface area contributed by atoms with E-state index in [1.54, 1.807) is 18.2 Å². The Morgan fingerprint density at radius 3 is 2.89 bits per heavy atom. The van der Waals surface area contributed by atoms with Crippen molar-refractivity contribution in [2.75, 3.05) is 5.32 Å². The molecular weight excluding hydrogens is 258 g/mol. The van der Waals surface area contributed by atoms with Crippen molar-refractivity contribution in [2.24, 2.45) is 0 Å². The molecule has 7 heteroatoms. The Hall–Kier alpha value is -2.34. The zero-order chi connectivity index (χ0) is 13.1. The number of hydrogen-bond acceptors (Lipinski definition) is 4. The van der Waals surface area contributed by atoms with Gasteiger partial charge in [-0.25, -0.2) is 0 Å². The predicted octanol–water partition coefficient (Wildman–Crippen LogP) is 0.461. The topological polar surface area (TPSA) is 97.9 Å². The number of aromatic amines is 1. The molecule has 1 aromatic carbocycles. The number of nitrogens with zero attached hydrogens (tertiary/aromatic N) is 1. The van der Waals surface area contributed by atoms with E-state index in [0.717, 1.165) is 6.08 Å². The Morgan fingerprint density at radius 1 is 1.39 bits per heavy atom. The maximum atomic E-state index is 11.4. The SMILES string of the molecule is O=C([O-])/C=C/C(=O)Nc1n[nH]c2cc(Cl)ccc12. The number of benzene rings is 1. The van der Waals surface area contributed by atoms with Crippen LogP contribution in [0.3, 0.4) is 0 Å². The third-order valence-corrected chi connectivity index (χ3v) is 2.37. The van der Waals surface area contributed by atoms with Crippen molar-refractivity contribution in [1.82, 2.24) is 10.2 Å². The average molecular weight is 265 g/mol. The molecule has 0 aliphatic heterocycles. The average Bonchev–Trinajstić information content (AvgIpc) is 2.69. The number of amides is 1. The first-order chi connectivity index (χ1) is 8.56. The summed E-state index contributed by atoms with van der Waals surface area (Å²) in [7, 11) is 0. The Morgan fingerprint density at radius 2 is 2.17 bits per heavy atom. The third-order valence-electron chi connectivity index (χ3n) is 2.14. The van der Waals surface area contributed by atoms with Gasteiger partial charge in [-0.15, -0.1) is 0 Å². The van der Waals surface area contributed by atoms with Crippen LogP contribution in [0, 0.1) is 0 Å². The highest BCUT2D eigenvalue weighted by Crippen LogP contribution is 2.23. The lowest BCUT2D eigenvalue weighted by atomic mass is 10.2. The monoisotopic (exact) mass is 264 g/mol. The number of rotatable bonds is 3. The lowest BCUT2D eigenvalue weighted by Gasteiger charge is -1.98. The van der Waals surface area contributed by atoms with Gasteiger partial charge in [0.05, 0.1) is 11.5 Å². The Bertz CT molecular complexity index is 648. The van der Waals surface area contributed by atoms with Gasteiger partial charge in [-0.2, -0.15) is 5.10 Å². The van der Waals surface area contributed by atoms with Gasteiger partial charge in [0.2, 0.25) is 5.91 Å². The molecule has 1 amide bonds. The summed E-state index contributed by atoms with van der Waals surface area (Å²) in [6, 6.07) is 5.02. The van der Waals surface area contributed by atoms with Crippen LogP contribution in [0.1, 0.15) is 0 Å². The second-order valence-corrected chi connectivity index (χ2v) is 3.84. The normalized spacial score (nSPS) is 10.9. The number of anilines is 1. The van der Waals surface area contributed by atoms with Crippen LogP contribution >= 0.6 is 11.6 Å². The van der Waals surface area contributed by atoms with E-state index in [2.05, 4.69) is 15.5 Å². The fraction of sp³-hybridized carbons (Fsp3) is 0. The van der Waals surface area contributed by atoms with Gasteiger partial charge >= 0.3 is 0 Å². The van der Waals surface area contributed by atoms with E-state index < -0.39 is 11.9 Å². The lowest BCUT2D eigenvalue weighted by Crippen LogP contribution is -2.20. The van der Waals surface area contributed by atoms with Gasteiger partial charge in [0.15, 0.2) is 5.82 Å². The molecule has 0 fully saturated rings. The maximum absolute atomic E-state index is 11.4. The van der Waals surface area contributed by atoms with Gasteiger partial charge in [0.25, 0.3) is 0 Å². The Balaban J connectivity index is 2.22.